The van der Waals surface area contributed by atoms with Crippen LogP contribution in [0.2, 0.25) is 0 Å². The van der Waals surface area contributed by atoms with E-state index in [9.17, 15) is 14.4 Å². The van der Waals surface area contributed by atoms with E-state index in [-0.39, 0.29) is 29.7 Å². The van der Waals surface area contributed by atoms with Crippen molar-refractivity contribution in [2.45, 2.75) is 39.7 Å². The molecule has 3 aromatic rings. The van der Waals surface area contributed by atoms with Crippen LogP contribution in [0, 0.1) is 13.8 Å². The molecule has 164 valence electrons. The van der Waals surface area contributed by atoms with Gasteiger partial charge in [0.2, 0.25) is 11.8 Å². The molecule has 1 aliphatic rings. The number of anilines is 2. The number of nitrogens with zero attached hydrogens (tertiary/aromatic N) is 4. The number of amides is 3. The third kappa shape index (κ3) is 4.31. The second-order valence-electron chi connectivity index (χ2n) is 7.50. The lowest BCUT2D eigenvalue weighted by Crippen LogP contribution is -2.31. The minimum Gasteiger partial charge on any atom is -0.339 e. The normalized spacial score (nSPS) is 13.7. The average Bonchev–Trinajstić information content (AvgIpc) is 3.26. The molecule has 11 nitrogen and oxygen atoms in total. The molecule has 0 unspecified atom stereocenters. The van der Waals surface area contributed by atoms with Crippen LogP contribution in [0.5, 0.6) is 0 Å². The molecule has 0 fully saturated rings. The number of carbonyl (C=O) groups is 3. The molecule has 1 aromatic carbocycles. The van der Waals surface area contributed by atoms with Gasteiger partial charge in [0.25, 0.3) is 17.6 Å². The van der Waals surface area contributed by atoms with Gasteiger partial charge in [-0.2, -0.15) is 4.98 Å². The van der Waals surface area contributed by atoms with Crippen LogP contribution in [-0.2, 0) is 11.2 Å². The first kappa shape index (κ1) is 21.1. The highest BCUT2D eigenvalue weighted by Crippen LogP contribution is 2.23. The maximum Gasteiger partial charge on any atom is 0.297 e. The van der Waals surface area contributed by atoms with Gasteiger partial charge in [-0.25, -0.2) is 9.97 Å². The van der Waals surface area contributed by atoms with Crippen molar-refractivity contribution in [3.63, 3.8) is 0 Å². The summed E-state index contributed by atoms with van der Waals surface area (Å²) in [6.07, 6.45) is 1.83. The lowest BCUT2D eigenvalue weighted by Gasteiger charge is -2.18. The van der Waals surface area contributed by atoms with Crippen LogP contribution >= 0.6 is 0 Å². The summed E-state index contributed by atoms with van der Waals surface area (Å²) >= 11 is 0. The molecule has 1 atom stereocenters. The molecule has 0 bridgehead atoms. The smallest absolute Gasteiger partial charge is 0.297 e. The second-order valence-corrected chi connectivity index (χ2v) is 7.50. The van der Waals surface area contributed by atoms with E-state index in [2.05, 4.69) is 36.1 Å². The van der Waals surface area contributed by atoms with E-state index in [0.29, 0.717) is 23.5 Å². The van der Waals surface area contributed by atoms with Gasteiger partial charge in [-0.05, 0) is 50.5 Å². The van der Waals surface area contributed by atoms with Crippen molar-refractivity contribution < 1.29 is 18.9 Å². The third-order valence-electron chi connectivity index (χ3n) is 5.15. The van der Waals surface area contributed by atoms with Gasteiger partial charge in [-0.15, -0.1) is 0 Å². The van der Waals surface area contributed by atoms with Crippen molar-refractivity contribution >= 4 is 29.2 Å². The molecule has 11 heteroatoms. The highest BCUT2D eigenvalue weighted by Gasteiger charge is 2.26. The minimum atomic E-state index is -0.679. The maximum atomic E-state index is 12.7. The van der Waals surface area contributed by atoms with E-state index >= 15 is 0 Å². The summed E-state index contributed by atoms with van der Waals surface area (Å²) in [7, 11) is 0. The van der Waals surface area contributed by atoms with Crippen molar-refractivity contribution in [2.75, 3.05) is 10.6 Å². The van der Waals surface area contributed by atoms with E-state index in [1.165, 1.54) is 6.33 Å². The lowest BCUT2D eigenvalue weighted by molar-refractivity contribution is -0.116. The van der Waals surface area contributed by atoms with Gasteiger partial charge in [-0.3, -0.25) is 14.4 Å². The fraction of sp³-hybridized carbons (Fsp3) is 0.286. The van der Waals surface area contributed by atoms with Crippen molar-refractivity contribution in [1.29, 1.82) is 0 Å². The van der Waals surface area contributed by atoms with E-state index in [0.717, 1.165) is 11.1 Å². The number of aryl methyl sites for hydroxylation is 2. The quantitative estimate of drug-likeness (QED) is 0.551. The van der Waals surface area contributed by atoms with Gasteiger partial charge in [-0.1, -0.05) is 11.2 Å². The Morgan fingerprint density at radius 1 is 1.12 bits per heavy atom. The molecule has 3 N–H and O–H groups in total. The van der Waals surface area contributed by atoms with E-state index in [1.54, 1.807) is 13.0 Å². The summed E-state index contributed by atoms with van der Waals surface area (Å²) in [6.45, 7) is 5.58. The summed E-state index contributed by atoms with van der Waals surface area (Å²) in [5.74, 6) is -0.916. The number of nitrogens with one attached hydrogen (secondary N) is 3. The average molecular weight is 435 g/mol. The second kappa shape index (κ2) is 8.53. The van der Waals surface area contributed by atoms with Crippen molar-refractivity contribution in [2.24, 2.45) is 0 Å². The van der Waals surface area contributed by atoms with E-state index in [1.807, 2.05) is 26.0 Å². The molecule has 0 radical (unpaired) electrons. The number of rotatable bonds is 5. The van der Waals surface area contributed by atoms with Gasteiger partial charge < -0.3 is 20.5 Å². The fourth-order valence-electron chi connectivity index (χ4n) is 3.22. The molecule has 0 aliphatic carbocycles. The summed E-state index contributed by atoms with van der Waals surface area (Å²) in [6, 6.07) is 4.86. The predicted octanol–water partition coefficient (Wildman–Crippen LogP) is 2.10. The molecule has 3 amide bonds. The Hall–Kier alpha value is -4.15. The molecule has 0 spiro atoms. The zero-order valence-corrected chi connectivity index (χ0v) is 17.7. The van der Waals surface area contributed by atoms with Gasteiger partial charge >= 0.3 is 0 Å². The molecule has 32 heavy (non-hydrogen) atoms. The highest BCUT2D eigenvalue weighted by atomic mass is 16.5. The molecule has 2 aromatic heterocycles. The number of aromatic nitrogens is 4. The van der Waals surface area contributed by atoms with Crippen molar-refractivity contribution in [3.8, 4) is 0 Å². The molecule has 3 heterocycles. The standard InChI is InChI=1S/C21H21N7O4/c1-10-4-5-13(8-11(10)2)25-20(31)18-27-21(32-28-18)12(3)24-19(30)16-14-6-7-15(29)26-17(14)23-9-22-16/h4-5,8-9,12H,6-7H2,1-3H3,(H,24,30)(H,25,31)(H,22,23,26,29)/t12-/m1/s1. The van der Waals surface area contributed by atoms with Crippen LogP contribution in [0.15, 0.2) is 29.0 Å². The first-order valence-electron chi connectivity index (χ1n) is 9.98. The number of hydrogen-bond acceptors (Lipinski definition) is 8. The first-order chi connectivity index (χ1) is 15.3. The Balaban J connectivity index is 1.44. The summed E-state index contributed by atoms with van der Waals surface area (Å²) in [4.78, 5) is 48.9. The van der Waals surface area contributed by atoms with Crippen molar-refractivity contribution in [3.05, 3.63) is 58.6 Å². The lowest BCUT2D eigenvalue weighted by atomic mass is 10.0. The summed E-state index contributed by atoms with van der Waals surface area (Å²) < 4.78 is 5.17. The number of carbonyl (C=O) groups excluding carboxylic acids is 3. The largest absolute Gasteiger partial charge is 0.339 e. The monoisotopic (exact) mass is 435 g/mol. The highest BCUT2D eigenvalue weighted by molar-refractivity contribution is 6.01. The molecular weight excluding hydrogens is 414 g/mol. The number of fused-ring (bicyclic) bond motifs is 1. The molecule has 1 aliphatic heterocycles. The number of hydrogen-bond donors (Lipinski definition) is 3. The van der Waals surface area contributed by atoms with E-state index < -0.39 is 17.9 Å². The van der Waals surface area contributed by atoms with Gasteiger partial charge in [0, 0.05) is 17.7 Å². The molecule has 0 saturated carbocycles. The Morgan fingerprint density at radius 3 is 2.72 bits per heavy atom. The topological polar surface area (TPSA) is 152 Å². The van der Waals surface area contributed by atoms with Crippen LogP contribution in [0.25, 0.3) is 0 Å². The van der Waals surface area contributed by atoms with Crippen LogP contribution < -0.4 is 16.0 Å². The summed E-state index contributed by atoms with van der Waals surface area (Å²) in [5, 5.41) is 11.8. The van der Waals surface area contributed by atoms with Gasteiger partial charge in [0.15, 0.2) is 0 Å². The molecular formula is C21H21N7O4. The van der Waals surface area contributed by atoms with Crippen LogP contribution in [0.1, 0.15) is 63.1 Å². The van der Waals surface area contributed by atoms with Crippen molar-refractivity contribution in [1.82, 2.24) is 25.4 Å². The third-order valence-corrected chi connectivity index (χ3v) is 5.15. The van der Waals surface area contributed by atoms with Crippen LogP contribution in [0.4, 0.5) is 11.5 Å². The summed E-state index contributed by atoms with van der Waals surface area (Å²) in [5.41, 5.74) is 3.50. The maximum absolute atomic E-state index is 12.7. The van der Waals surface area contributed by atoms with E-state index in [4.69, 9.17) is 4.52 Å². The molecule has 4 rings (SSSR count). The Kier molecular flexibility index (Phi) is 5.63. The first-order valence-corrected chi connectivity index (χ1v) is 9.98. The minimum absolute atomic E-state index is 0.0693. The Morgan fingerprint density at radius 2 is 1.94 bits per heavy atom. The van der Waals surface area contributed by atoms with Gasteiger partial charge in [0.1, 0.15) is 23.9 Å². The molecule has 0 saturated heterocycles. The van der Waals surface area contributed by atoms with Crippen LogP contribution in [0.3, 0.4) is 0 Å². The Labute approximate surface area is 183 Å². The predicted molar refractivity (Wildman–Crippen MR) is 113 cm³/mol. The fourth-order valence-corrected chi connectivity index (χ4v) is 3.22. The zero-order valence-electron chi connectivity index (χ0n) is 17.7. The van der Waals surface area contributed by atoms with Crippen LogP contribution in [-0.4, -0.2) is 37.8 Å². The SMILES string of the molecule is Cc1ccc(NC(=O)c2noc([C@@H](C)NC(=O)c3ncnc4c3CCC(=O)N4)n2)cc1C. The zero-order chi connectivity index (χ0) is 22.8. The Bertz CT molecular complexity index is 1220. The number of benzene rings is 1. The van der Waals surface area contributed by atoms with Gasteiger partial charge in [0.05, 0.1) is 0 Å².